The molecule has 2 heterocycles. The average molecular weight is 385 g/mol. The molecule has 1 unspecified atom stereocenters. The summed E-state index contributed by atoms with van der Waals surface area (Å²) in [5, 5.41) is 12.0. The molecule has 0 aliphatic carbocycles. The number of fused-ring (bicyclic) bond motifs is 1. The van der Waals surface area contributed by atoms with E-state index in [2.05, 4.69) is 16.4 Å². The molecule has 0 spiro atoms. The number of ether oxygens (including phenoxy) is 1. The largest absolute Gasteiger partial charge is 0.493 e. The number of carbonyl (C=O) groups excluding carboxylic acids is 1. The Morgan fingerprint density at radius 3 is 2.66 bits per heavy atom. The first kappa shape index (κ1) is 18.5. The Morgan fingerprint density at radius 1 is 1.14 bits per heavy atom. The summed E-state index contributed by atoms with van der Waals surface area (Å²) >= 11 is 0. The molecular weight excluding hydrogens is 366 g/mol. The van der Waals surface area contributed by atoms with E-state index in [1.54, 1.807) is 30.5 Å². The second-order valence-electron chi connectivity index (χ2n) is 6.94. The van der Waals surface area contributed by atoms with Gasteiger partial charge in [0.15, 0.2) is 0 Å². The van der Waals surface area contributed by atoms with Crippen LogP contribution in [0.3, 0.4) is 0 Å². The number of hydrogen-bond acceptors (Lipinski definition) is 4. The number of aromatic nitrogens is 1. The molecule has 0 radical (unpaired) electrons. The van der Waals surface area contributed by atoms with Crippen LogP contribution in [0.25, 0.3) is 11.1 Å². The lowest BCUT2D eigenvalue weighted by Crippen LogP contribution is -2.25. The van der Waals surface area contributed by atoms with Crippen LogP contribution in [0, 0.1) is 11.3 Å². The molecule has 6 nitrogen and oxygen atoms in total. The first-order chi connectivity index (χ1) is 14.1. The number of H-pyrrole nitrogens is 1. The number of nitrogens with one attached hydrogen (secondary N) is 2. The van der Waals surface area contributed by atoms with E-state index >= 15 is 0 Å². The average Bonchev–Trinajstić information content (AvgIpc) is 3.16. The third kappa shape index (κ3) is 4.04. The van der Waals surface area contributed by atoms with Crippen LogP contribution in [-0.4, -0.2) is 24.0 Å². The van der Waals surface area contributed by atoms with Crippen molar-refractivity contribution in [3.05, 3.63) is 87.8 Å². The molecular formula is C23H19N3O3. The minimum Gasteiger partial charge on any atom is -0.493 e. The van der Waals surface area contributed by atoms with Crippen LogP contribution >= 0.6 is 0 Å². The normalized spacial score (nSPS) is 14.5. The van der Waals surface area contributed by atoms with Gasteiger partial charge < -0.3 is 15.0 Å². The van der Waals surface area contributed by atoms with Crippen molar-refractivity contribution in [2.24, 2.45) is 0 Å². The van der Waals surface area contributed by atoms with Crippen molar-refractivity contribution in [3.63, 3.8) is 0 Å². The molecule has 0 saturated heterocycles. The molecule has 1 amide bonds. The smallest absolute Gasteiger partial charge is 0.251 e. The number of aromatic amines is 1. The van der Waals surface area contributed by atoms with Gasteiger partial charge in [-0.3, -0.25) is 9.59 Å². The number of pyridine rings is 1. The van der Waals surface area contributed by atoms with Gasteiger partial charge in [-0.1, -0.05) is 12.1 Å². The minimum absolute atomic E-state index is 0.136. The number of carbonyl (C=O) groups is 1. The summed E-state index contributed by atoms with van der Waals surface area (Å²) in [6.07, 6.45) is 2.39. The summed E-state index contributed by atoms with van der Waals surface area (Å²) in [5.74, 6) is 0.849. The molecule has 0 bridgehead atoms. The summed E-state index contributed by atoms with van der Waals surface area (Å²) in [7, 11) is 0. The van der Waals surface area contributed by atoms with Crippen molar-refractivity contribution in [2.75, 3.05) is 13.2 Å². The van der Waals surface area contributed by atoms with Gasteiger partial charge in [0.05, 0.1) is 18.2 Å². The molecule has 144 valence electrons. The first-order valence-electron chi connectivity index (χ1n) is 9.38. The summed E-state index contributed by atoms with van der Waals surface area (Å²) in [6, 6.07) is 18.1. The van der Waals surface area contributed by atoms with Gasteiger partial charge in [-0.15, -0.1) is 0 Å². The van der Waals surface area contributed by atoms with Gasteiger partial charge in [-0.05, 0) is 53.9 Å². The van der Waals surface area contributed by atoms with E-state index in [0.29, 0.717) is 24.3 Å². The molecule has 1 aliphatic heterocycles. The molecule has 1 aromatic heterocycles. The Hall–Kier alpha value is -3.85. The number of benzene rings is 2. The van der Waals surface area contributed by atoms with Crippen LogP contribution in [0.15, 0.2) is 65.6 Å². The van der Waals surface area contributed by atoms with Gasteiger partial charge in [0.2, 0.25) is 5.56 Å². The van der Waals surface area contributed by atoms with Crippen LogP contribution in [-0.2, 0) is 0 Å². The van der Waals surface area contributed by atoms with Gasteiger partial charge in [-0.25, -0.2) is 0 Å². The molecule has 6 heteroatoms. The molecule has 2 N–H and O–H groups in total. The second kappa shape index (κ2) is 8.03. The van der Waals surface area contributed by atoms with Crippen LogP contribution in [0.1, 0.15) is 33.8 Å². The van der Waals surface area contributed by atoms with Crippen molar-refractivity contribution in [2.45, 2.75) is 12.3 Å². The lowest BCUT2D eigenvalue weighted by atomic mass is 9.96. The third-order valence-corrected chi connectivity index (χ3v) is 5.06. The number of hydrogen-bond donors (Lipinski definition) is 2. The lowest BCUT2D eigenvalue weighted by Gasteiger charge is -2.10. The predicted octanol–water partition coefficient (Wildman–Crippen LogP) is 3.21. The van der Waals surface area contributed by atoms with Gasteiger partial charge >= 0.3 is 0 Å². The molecule has 4 rings (SSSR count). The van der Waals surface area contributed by atoms with Gasteiger partial charge in [-0.2, -0.15) is 5.26 Å². The maximum Gasteiger partial charge on any atom is 0.251 e. The fraction of sp³-hybridized carbons (Fsp3) is 0.174. The van der Waals surface area contributed by atoms with Crippen molar-refractivity contribution in [1.29, 1.82) is 5.26 Å². The maximum atomic E-state index is 12.4. The van der Waals surface area contributed by atoms with E-state index in [-0.39, 0.29) is 17.4 Å². The van der Waals surface area contributed by atoms with Crippen LogP contribution in [0.5, 0.6) is 5.75 Å². The predicted molar refractivity (Wildman–Crippen MR) is 109 cm³/mol. The molecule has 0 fully saturated rings. The van der Waals surface area contributed by atoms with Crippen molar-refractivity contribution < 1.29 is 9.53 Å². The number of nitrogens with zero attached hydrogens (tertiary/aromatic N) is 1. The van der Waals surface area contributed by atoms with E-state index in [4.69, 9.17) is 10.00 Å². The Kier molecular flexibility index (Phi) is 5.12. The zero-order valence-electron chi connectivity index (χ0n) is 15.6. The SMILES string of the molecule is N#Cc1ccc2c(c1)C(CCNC(=O)c1ccc(-c3ccc(=O)[nH]c3)cc1)CO2. The Labute approximate surface area is 167 Å². The summed E-state index contributed by atoms with van der Waals surface area (Å²) in [4.78, 5) is 26.2. The Balaban J connectivity index is 1.35. The molecule has 3 aromatic rings. The fourth-order valence-corrected chi connectivity index (χ4v) is 3.45. The molecule has 1 atom stereocenters. The zero-order chi connectivity index (χ0) is 20.2. The van der Waals surface area contributed by atoms with Crippen molar-refractivity contribution in [1.82, 2.24) is 10.3 Å². The Morgan fingerprint density at radius 2 is 1.93 bits per heavy atom. The highest BCUT2D eigenvalue weighted by molar-refractivity contribution is 5.94. The van der Waals surface area contributed by atoms with E-state index in [1.165, 1.54) is 6.07 Å². The van der Waals surface area contributed by atoms with Crippen LogP contribution < -0.4 is 15.6 Å². The van der Waals surface area contributed by atoms with E-state index in [1.807, 2.05) is 24.3 Å². The fourth-order valence-electron chi connectivity index (χ4n) is 3.45. The molecule has 0 saturated carbocycles. The van der Waals surface area contributed by atoms with E-state index in [9.17, 15) is 9.59 Å². The van der Waals surface area contributed by atoms with Crippen molar-refractivity contribution in [3.8, 4) is 22.9 Å². The van der Waals surface area contributed by atoms with Crippen LogP contribution in [0.2, 0.25) is 0 Å². The monoisotopic (exact) mass is 385 g/mol. The van der Waals surface area contributed by atoms with Gasteiger partial charge in [0.25, 0.3) is 5.91 Å². The summed E-state index contributed by atoms with van der Waals surface area (Å²) < 4.78 is 5.67. The third-order valence-electron chi connectivity index (χ3n) is 5.06. The zero-order valence-corrected chi connectivity index (χ0v) is 15.6. The quantitative estimate of drug-likeness (QED) is 0.705. The summed E-state index contributed by atoms with van der Waals surface area (Å²) in [5.41, 5.74) is 3.88. The van der Waals surface area contributed by atoms with E-state index < -0.39 is 0 Å². The lowest BCUT2D eigenvalue weighted by molar-refractivity contribution is 0.0952. The summed E-state index contributed by atoms with van der Waals surface area (Å²) in [6.45, 7) is 1.08. The maximum absolute atomic E-state index is 12.4. The number of amides is 1. The molecule has 2 aromatic carbocycles. The van der Waals surface area contributed by atoms with Gasteiger partial charge in [0.1, 0.15) is 5.75 Å². The number of rotatable bonds is 5. The minimum atomic E-state index is -0.149. The highest BCUT2D eigenvalue weighted by Gasteiger charge is 2.24. The molecule has 29 heavy (non-hydrogen) atoms. The first-order valence-corrected chi connectivity index (χ1v) is 9.38. The highest BCUT2D eigenvalue weighted by Crippen LogP contribution is 2.36. The highest BCUT2D eigenvalue weighted by atomic mass is 16.5. The van der Waals surface area contributed by atoms with Crippen LogP contribution in [0.4, 0.5) is 0 Å². The standard InChI is InChI=1S/C23H19N3O3/c24-12-15-1-7-21-20(11-15)19(14-29-21)9-10-25-23(28)17-4-2-16(3-5-17)18-6-8-22(27)26-13-18/h1-8,11,13,19H,9-10,14H2,(H,25,28)(H,26,27). The molecule has 1 aliphatic rings. The Bertz CT molecular complexity index is 1120. The number of nitriles is 1. The van der Waals surface area contributed by atoms with Gasteiger partial charge in [0, 0.05) is 35.9 Å². The van der Waals surface area contributed by atoms with Crippen molar-refractivity contribution >= 4 is 5.91 Å². The topological polar surface area (TPSA) is 95.0 Å². The van der Waals surface area contributed by atoms with E-state index in [0.717, 1.165) is 28.9 Å². The second-order valence-corrected chi connectivity index (χ2v) is 6.94.